The van der Waals surface area contributed by atoms with Gasteiger partial charge in [0.25, 0.3) is 0 Å². The van der Waals surface area contributed by atoms with E-state index in [4.69, 9.17) is 4.74 Å². The third-order valence-corrected chi connectivity index (χ3v) is 7.60. The van der Waals surface area contributed by atoms with Crippen molar-refractivity contribution in [3.63, 3.8) is 0 Å². The number of hydrogen-bond acceptors (Lipinski definition) is 6. The van der Waals surface area contributed by atoms with Gasteiger partial charge in [-0.3, -0.25) is 9.59 Å². The zero-order chi connectivity index (χ0) is 29.0. The zero-order valence-corrected chi connectivity index (χ0v) is 23.7. The Morgan fingerprint density at radius 2 is 1.45 bits per heavy atom. The average Bonchev–Trinajstić information content (AvgIpc) is 2.95. The van der Waals surface area contributed by atoms with Gasteiger partial charge < -0.3 is 20.1 Å². The molecule has 0 aliphatic rings. The van der Waals surface area contributed by atoms with Crippen molar-refractivity contribution in [3.05, 3.63) is 102 Å². The topological polar surface area (TPSA) is 116 Å². The summed E-state index contributed by atoms with van der Waals surface area (Å²) in [6.45, 7) is -0.167. The first-order valence-corrected chi connectivity index (χ1v) is 14.9. The third kappa shape index (κ3) is 9.48. The number of rotatable bonds is 15. The van der Waals surface area contributed by atoms with Crippen LogP contribution < -0.4 is 10.1 Å². The molecule has 40 heavy (non-hydrogen) atoms. The minimum atomic E-state index is -3.75. The van der Waals surface area contributed by atoms with Crippen LogP contribution in [0.25, 0.3) is 0 Å². The Labute approximate surface area is 236 Å². The second-order valence-corrected chi connectivity index (χ2v) is 11.4. The molecular formula is C30H37N3O6S. The quantitative estimate of drug-likeness (QED) is 0.273. The number of benzene rings is 3. The lowest BCUT2D eigenvalue weighted by atomic mass is 10.0. The molecule has 3 aromatic carbocycles. The van der Waals surface area contributed by atoms with Crippen LogP contribution in [0.4, 0.5) is 0 Å². The summed E-state index contributed by atoms with van der Waals surface area (Å²) in [5, 5.41) is 12.0. The average molecular weight is 568 g/mol. The van der Waals surface area contributed by atoms with Crippen LogP contribution in [0.1, 0.15) is 23.1 Å². The van der Waals surface area contributed by atoms with Crippen LogP contribution in [0.3, 0.4) is 0 Å². The molecule has 0 saturated heterocycles. The van der Waals surface area contributed by atoms with E-state index in [1.165, 1.54) is 4.90 Å². The van der Waals surface area contributed by atoms with E-state index in [1.807, 2.05) is 36.4 Å². The van der Waals surface area contributed by atoms with Crippen LogP contribution >= 0.6 is 0 Å². The van der Waals surface area contributed by atoms with Crippen molar-refractivity contribution in [2.24, 2.45) is 0 Å². The molecule has 0 spiro atoms. The van der Waals surface area contributed by atoms with Crippen LogP contribution in [-0.2, 0) is 39.1 Å². The minimum absolute atomic E-state index is 0.0217. The summed E-state index contributed by atoms with van der Waals surface area (Å²) in [6.07, 6.45) is 1.67. The largest absolute Gasteiger partial charge is 0.497 e. The number of sulfonamides is 1. The lowest BCUT2D eigenvalue weighted by Crippen LogP contribution is -2.53. The van der Waals surface area contributed by atoms with Crippen molar-refractivity contribution in [2.45, 2.75) is 32.0 Å². The van der Waals surface area contributed by atoms with Gasteiger partial charge in [-0.1, -0.05) is 72.8 Å². The fraction of sp³-hybridized carbons (Fsp3) is 0.333. The number of aliphatic hydroxyl groups is 1. The smallest absolute Gasteiger partial charge is 0.243 e. The summed E-state index contributed by atoms with van der Waals surface area (Å²) in [5.41, 5.74) is 2.34. The number of nitrogens with zero attached hydrogens (tertiary/aromatic N) is 2. The van der Waals surface area contributed by atoms with Gasteiger partial charge in [0.2, 0.25) is 21.8 Å². The Kier molecular flexibility index (Phi) is 11.7. The van der Waals surface area contributed by atoms with Crippen molar-refractivity contribution in [1.82, 2.24) is 14.5 Å². The Morgan fingerprint density at radius 1 is 0.875 bits per heavy atom. The highest BCUT2D eigenvalue weighted by Gasteiger charge is 2.32. The Balaban J connectivity index is 1.97. The summed E-state index contributed by atoms with van der Waals surface area (Å²) < 4.78 is 31.8. The summed E-state index contributed by atoms with van der Waals surface area (Å²) in [6, 6.07) is 24.6. The maximum absolute atomic E-state index is 14.0. The molecule has 10 heteroatoms. The summed E-state index contributed by atoms with van der Waals surface area (Å²) in [5.74, 6) is -0.237. The van der Waals surface area contributed by atoms with Crippen molar-refractivity contribution in [3.8, 4) is 5.75 Å². The normalized spacial score (nSPS) is 12.1. The van der Waals surface area contributed by atoms with Gasteiger partial charge in [0, 0.05) is 32.7 Å². The highest BCUT2D eigenvalue weighted by molar-refractivity contribution is 7.88. The highest BCUT2D eigenvalue weighted by atomic mass is 32.2. The van der Waals surface area contributed by atoms with Crippen molar-refractivity contribution in [2.75, 3.05) is 33.1 Å². The fourth-order valence-electron chi connectivity index (χ4n) is 4.21. The Hall–Kier alpha value is -3.73. The summed E-state index contributed by atoms with van der Waals surface area (Å²) >= 11 is 0. The molecule has 3 rings (SSSR count). The van der Waals surface area contributed by atoms with E-state index in [0.29, 0.717) is 12.2 Å². The van der Waals surface area contributed by atoms with E-state index in [1.54, 1.807) is 55.6 Å². The molecule has 214 valence electrons. The van der Waals surface area contributed by atoms with Crippen LogP contribution in [0.15, 0.2) is 84.9 Å². The summed E-state index contributed by atoms with van der Waals surface area (Å²) in [4.78, 5) is 28.9. The van der Waals surface area contributed by atoms with Gasteiger partial charge in [-0.15, -0.1) is 0 Å². The Bertz CT molecular complexity index is 1320. The van der Waals surface area contributed by atoms with Gasteiger partial charge in [0.15, 0.2) is 0 Å². The van der Waals surface area contributed by atoms with Gasteiger partial charge in [-0.05, 0) is 35.2 Å². The molecule has 0 aromatic heterocycles. The van der Waals surface area contributed by atoms with E-state index < -0.39 is 28.5 Å². The van der Waals surface area contributed by atoms with Crippen molar-refractivity contribution >= 4 is 21.8 Å². The predicted molar refractivity (Wildman–Crippen MR) is 154 cm³/mol. The van der Waals surface area contributed by atoms with Crippen LogP contribution in [0.2, 0.25) is 0 Å². The highest BCUT2D eigenvalue weighted by Crippen LogP contribution is 2.19. The van der Waals surface area contributed by atoms with E-state index in [0.717, 1.165) is 27.3 Å². The number of nitrogens with one attached hydrogen (secondary N) is 1. The molecule has 2 amide bonds. The van der Waals surface area contributed by atoms with E-state index in [2.05, 4.69) is 5.32 Å². The van der Waals surface area contributed by atoms with Crippen LogP contribution in [0.5, 0.6) is 5.75 Å². The summed E-state index contributed by atoms with van der Waals surface area (Å²) in [7, 11) is -2.20. The second kappa shape index (κ2) is 15.2. The molecule has 0 aliphatic carbocycles. The first-order chi connectivity index (χ1) is 19.2. The molecule has 0 heterocycles. The SMILES string of the molecule is COc1ccc(CN(C(=O)CN(Cc2ccccc2)S(C)(=O)=O)C(Cc2ccccc2)C(=O)NCCCO)cc1. The number of carbonyl (C=O) groups excluding carboxylic acids is 2. The first kappa shape index (κ1) is 30.8. The second-order valence-electron chi connectivity index (χ2n) is 9.46. The maximum atomic E-state index is 14.0. The van der Waals surface area contributed by atoms with Gasteiger partial charge in [-0.25, -0.2) is 8.42 Å². The van der Waals surface area contributed by atoms with Crippen LogP contribution in [0, 0.1) is 0 Å². The molecule has 2 N–H and O–H groups in total. The fourth-order valence-corrected chi connectivity index (χ4v) is 4.94. The third-order valence-electron chi connectivity index (χ3n) is 6.40. The van der Waals surface area contributed by atoms with E-state index in [9.17, 15) is 23.1 Å². The maximum Gasteiger partial charge on any atom is 0.243 e. The van der Waals surface area contributed by atoms with Gasteiger partial charge >= 0.3 is 0 Å². The first-order valence-electron chi connectivity index (χ1n) is 13.0. The lowest BCUT2D eigenvalue weighted by molar-refractivity contribution is -0.141. The standard InChI is InChI=1S/C30H37N3O6S/c1-39-27-16-14-26(15-17-27)22-33(28(30(36)31-18-9-19-34)20-24-10-5-3-6-11-24)29(35)23-32(40(2,37)38)21-25-12-7-4-8-13-25/h3-8,10-17,28,34H,9,18-23H2,1-2H3,(H,31,36). The van der Waals surface area contributed by atoms with E-state index in [-0.39, 0.29) is 38.6 Å². The molecule has 0 bridgehead atoms. The number of ether oxygens (including phenoxy) is 1. The molecule has 0 fully saturated rings. The molecule has 3 aromatic rings. The molecule has 0 radical (unpaired) electrons. The lowest BCUT2D eigenvalue weighted by Gasteiger charge is -2.33. The van der Waals surface area contributed by atoms with E-state index >= 15 is 0 Å². The monoisotopic (exact) mass is 567 g/mol. The number of amides is 2. The van der Waals surface area contributed by atoms with Crippen LogP contribution in [-0.4, -0.2) is 73.6 Å². The Morgan fingerprint density at radius 3 is 2.00 bits per heavy atom. The van der Waals surface area contributed by atoms with Gasteiger partial charge in [0.1, 0.15) is 11.8 Å². The molecule has 0 aliphatic heterocycles. The minimum Gasteiger partial charge on any atom is -0.497 e. The predicted octanol–water partition coefficient (Wildman–Crippen LogP) is 2.60. The zero-order valence-electron chi connectivity index (χ0n) is 22.9. The number of aliphatic hydroxyl groups excluding tert-OH is 1. The van der Waals surface area contributed by atoms with Crippen molar-refractivity contribution in [1.29, 1.82) is 0 Å². The number of methoxy groups -OCH3 is 1. The molecule has 1 unspecified atom stereocenters. The van der Waals surface area contributed by atoms with Crippen molar-refractivity contribution < 1.29 is 27.9 Å². The van der Waals surface area contributed by atoms with Gasteiger partial charge in [0.05, 0.1) is 19.9 Å². The molecule has 1 atom stereocenters. The molecule has 0 saturated carbocycles. The number of hydrogen-bond donors (Lipinski definition) is 2. The van der Waals surface area contributed by atoms with Gasteiger partial charge in [-0.2, -0.15) is 4.31 Å². The number of carbonyl (C=O) groups is 2. The molecular weight excluding hydrogens is 530 g/mol. The molecule has 9 nitrogen and oxygen atoms in total.